The van der Waals surface area contributed by atoms with Crippen LogP contribution in [0.1, 0.15) is 176 Å². The first-order valence-electron chi connectivity index (χ1n) is 28.6. The number of fused-ring (bicyclic) bond motifs is 3. The maximum atomic E-state index is 16.5. The molecule has 362 valence electrons. The summed E-state index contributed by atoms with van der Waals surface area (Å²) in [6.45, 7) is 6.51. The molecule has 0 radical (unpaired) electrons. The van der Waals surface area contributed by atoms with Crippen LogP contribution in [0.5, 0.6) is 0 Å². The quantitative estimate of drug-likeness (QED) is 0.215. The smallest absolute Gasteiger partial charge is 0.339 e. The largest absolute Gasteiger partial charge is 0.509 e. The topological polar surface area (TPSA) is 105 Å². The highest BCUT2D eigenvalue weighted by atomic mass is 16.6. The number of ether oxygens (including phenoxy) is 2. The summed E-state index contributed by atoms with van der Waals surface area (Å²) >= 11 is 0. The molecule has 9 aliphatic heterocycles. The number of hydrogen-bond acceptors (Lipinski definition) is 8. The number of nitrogens with two attached hydrogens (primary N) is 1. The van der Waals surface area contributed by atoms with E-state index in [0.717, 1.165) is 69.3 Å². The maximum absolute atomic E-state index is 16.5. The lowest BCUT2D eigenvalue weighted by Crippen LogP contribution is -2.78. The molecule has 7 fully saturated rings. The number of carbonyl (C=O) groups is 2. The lowest BCUT2D eigenvalue weighted by atomic mass is 9.26. The van der Waals surface area contributed by atoms with Crippen molar-refractivity contribution in [3.8, 4) is 0 Å². The molecule has 1 unspecified atom stereocenters. The van der Waals surface area contributed by atoms with Gasteiger partial charge in [0.05, 0.1) is 11.0 Å². The van der Waals surface area contributed by atoms with E-state index in [4.69, 9.17) is 15.2 Å². The standard InChI is InChI=1S/C60H77N3O5/c1-34-24-40-17-18-47-42-25-36-31-62(33-42)43(26-35-10-4-2-5-11-35)29-48(64)54-58-22-20-44-51-45-30-57(34,52(44)53(40)63(47)32-36)21-19-39(45)27-41(37-12-6-3-7-13-37)28-49(59(51,58)56(66)67-54)60(58)46-16-8-14-38(15-9-23-61)50(46)55(65)68-60/h8,14,16,27,34-37,41-43,45,47,49,52,64H,2-7,9-13,15,17-26,28-33,61H2,1H3/b39-27?,54-48+/t34-,36-,41-,42+,43-,45-,47-,49+,52-,57-,58-,59-,60-/m1/s1. The molecule has 8 aliphatic carbocycles. The molecule has 9 heterocycles. The number of benzene rings is 1. The number of rotatable bonds is 6. The van der Waals surface area contributed by atoms with Crippen molar-refractivity contribution in [1.82, 2.24) is 9.80 Å². The second kappa shape index (κ2) is 14.9. The van der Waals surface area contributed by atoms with Gasteiger partial charge in [0.25, 0.3) is 0 Å². The Hall–Kier alpha value is -3.36. The lowest BCUT2D eigenvalue weighted by Gasteiger charge is -2.74. The number of nitrogens with zero attached hydrogens (tertiary/aromatic N) is 2. The highest BCUT2D eigenvalue weighted by Gasteiger charge is 2.94. The van der Waals surface area contributed by atoms with Crippen LogP contribution in [-0.2, 0) is 26.3 Å². The second-order valence-corrected chi connectivity index (χ2v) is 26.0. The van der Waals surface area contributed by atoms with Crippen molar-refractivity contribution in [3.05, 3.63) is 80.5 Å². The van der Waals surface area contributed by atoms with Gasteiger partial charge < -0.3 is 25.2 Å². The Morgan fingerprint density at radius 3 is 2.57 bits per heavy atom. The number of aryl methyl sites for hydroxylation is 1. The van der Waals surface area contributed by atoms with Gasteiger partial charge in [0.15, 0.2) is 11.4 Å². The van der Waals surface area contributed by atoms with Gasteiger partial charge in [0, 0.05) is 67.2 Å². The van der Waals surface area contributed by atoms with Crippen molar-refractivity contribution in [1.29, 1.82) is 0 Å². The third kappa shape index (κ3) is 5.12. The maximum Gasteiger partial charge on any atom is 0.339 e. The lowest BCUT2D eigenvalue weighted by molar-refractivity contribution is -0.284. The van der Waals surface area contributed by atoms with Crippen LogP contribution >= 0.6 is 0 Å². The SMILES string of the molecule is C[C@@H]1CC2=C3[C@H]4C5=C6[C@@H]7C[C@@]41CCC7=C[C@@H](C1CCCCC1)C[C@H]1[C@]64C(=O)O/C(=C(/O)C[C@@H](CC6CCCCC6)N6C[C@H]7C[C@@H](C6)[C@@H](CC2)N3C7)[C@@]4(CC5)[C@]12OC(=O)c1c(CCCN)cccc12. The summed E-state index contributed by atoms with van der Waals surface area (Å²) < 4.78 is 14.6. The number of aliphatic hydroxyl groups excluding tert-OH is 1. The molecule has 4 saturated carbocycles. The van der Waals surface area contributed by atoms with E-state index in [0.29, 0.717) is 84.6 Å². The normalized spacial score (nSPS) is 46.3. The van der Waals surface area contributed by atoms with E-state index in [2.05, 4.69) is 41.0 Å². The number of carbonyl (C=O) groups excluding carboxylic acids is 2. The molecular formula is C60H77N3O5. The summed E-state index contributed by atoms with van der Waals surface area (Å²) in [5.74, 6) is 3.90. The predicted octanol–water partition coefficient (Wildman–Crippen LogP) is 11.4. The molecule has 0 amide bonds. The number of aliphatic hydroxyl groups is 1. The molecule has 3 N–H and O–H groups in total. The minimum Gasteiger partial charge on any atom is -0.509 e. The van der Waals surface area contributed by atoms with Crippen LogP contribution in [0.2, 0.25) is 0 Å². The van der Waals surface area contributed by atoms with Crippen LogP contribution in [-0.4, -0.2) is 65.1 Å². The third-order valence-electron chi connectivity index (χ3n) is 23.6. The zero-order chi connectivity index (χ0) is 45.5. The van der Waals surface area contributed by atoms with E-state index in [9.17, 15) is 5.11 Å². The van der Waals surface area contributed by atoms with Crippen molar-refractivity contribution in [2.24, 2.45) is 75.2 Å². The number of hydrogen-bond donors (Lipinski definition) is 2. The summed E-state index contributed by atoms with van der Waals surface area (Å²) in [7, 11) is 0. The average Bonchev–Trinajstić information content (AvgIpc) is 3.81. The first-order valence-corrected chi connectivity index (χ1v) is 28.6. The fourth-order valence-electron chi connectivity index (χ4n) is 21.3. The summed E-state index contributed by atoms with van der Waals surface area (Å²) in [6.07, 6.45) is 29.4. The minimum atomic E-state index is -1.12. The van der Waals surface area contributed by atoms with Gasteiger partial charge in [-0.05, 0) is 155 Å². The van der Waals surface area contributed by atoms with E-state index in [1.807, 2.05) is 0 Å². The van der Waals surface area contributed by atoms with Gasteiger partial charge in [0.1, 0.15) is 11.2 Å². The molecule has 8 heteroatoms. The highest BCUT2D eigenvalue weighted by molar-refractivity contribution is 6.00. The van der Waals surface area contributed by atoms with Gasteiger partial charge >= 0.3 is 11.9 Å². The summed E-state index contributed by atoms with van der Waals surface area (Å²) in [5, 5.41) is 13.5. The van der Waals surface area contributed by atoms with Crippen LogP contribution in [0, 0.1) is 69.5 Å². The minimum absolute atomic E-state index is 0.134. The Morgan fingerprint density at radius 1 is 0.897 bits per heavy atom. The van der Waals surface area contributed by atoms with Crippen LogP contribution < -0.4 is 5.73 Å². The molecule has 1 aromatic carbocycles. The molecule has 0 aromatic heterocycles. The van der Waals surface area contributed by atoms with Crippen LogP contribution in [0.3, 0.4) is 0 Å². The highest BCUT2D eigenvalue weighted by Crippen LogP contribution is 2.89. The number of esters is 2. The molecule has 1 aromatic rings. The predicted molar refractivity (Wildman–Crippen MR) is 261 cm³/mol. The first kappa shape index (κ1) is 42.3. The Morgan fingerprint density at radius 2 is 1.74 bits per heavy atom. The monoisotopic (exact) mass is 920 g/mol. The molecule has 68 heavy (non-hydrogen) atoms. The molecular weight excluding hydrogens is 843 g/mol. The third-order valence-corrected chi connectivity index (χ3v) is 23.6. The van der Waals surface area contributed by atoms with Crippen molar-refractivity contribution >= 4 is 11.9 Å². The van der Waals surface area contributed by atoms with Crippen LogP contribution in [0.15, 0.2) is 63.8 Å². The first-order chi connectivity index (χ1) is 33.2. The van der Waals surface area contributed by atoms with Gasteiger partial charge in [-0.1, -0.05) is 99.3 Å². The average molecular weight is 920 g/mol. The van der Waals surface area contributed by atoms with Crippen molar-refractivity contribution < 1.29 is 24.2 Å². The molecule has 4 spiro atoms. The van der Waals surface area contributed by atoms with E-state index >= 15 is 9.59 Å². The summed E-state index contributed by atoms with van der Waals surface area (Å²) in [6, 6.07) is 7.19. The number of allylic oxidation sites excluding steroid dienone is 4. The van der Waals surface area contributed by atoms with Gasteiger partial charge in [-0.2, -0.15) is 0 Å². The molecule has 3 saturated heterocycles. The Balaban J connectivity index is 1.03. The van der Waals surface area contributed by atoms with E-state index in [1.54, 1.807) is 22.4 Å². The fourth-order valence-corrected chi connectivity index (χ4v) is 21.3. The second-order valence-electron chi connectivity index (χ2n) is 26.0. The van der Waals surface area contributed by atoms with Crippen LogP contribution in [0.4, 0.5) is 0 Å². The summed E-state index contributed by atoms with van der Waals surface area (Å²) in [5.41, 5.74) is 13.9. The Labute approximate surface area is 405 Å². The summed E-state index contributed by atoms with van der Waals surface area (Å²) in [4.78, 5) is 37.6. The van der Waals surface area contributed by atoms with Crippen molar-refractivity contribution in [2.75, 3.05) is 26.2 Å². The van der Waals surface area contributed by atoms with Gasteiger partial charge in [-0.15, -0.1) is 0 Å². The Kier molecular flexibility index (Phi) is 9.25. The van der Waals surface area contributed by atoms with Gasteiger partial charge in [-0.3, -0.25) is 9.69 Å². The molecule has 8 nitrogen and oxygen atoms in total. The van der Waals surface area contributed by atoms with E-state index < -0.39 is 16.4 Å². The van der Waals surface area contributed by atoms with E-state index in [-0.39, 0.29) is 41.0 Å². The molecule has 14 atom stereocenters. The van der Waals surface area contributed by atoms with Crippen LogP contribution in [0.25, 0.3) is 0 Å². The van der Waals surface area contributed by atoms with Gasteiger partial charge in [0.2, 0.25) is 0 Å². The fraction of sp³-hybridized carbons (Fsp3) is 0.733. The van der Waals surface area contributed by atoms with Crippen molar-refractivity contribution in [3.63, 3.8) is 0 Å². The van der Waals surface area contributed by atoms with Crippen molar-refractivity contribution in [2.45, 2.75) is 179 Å². The zero-order valence-corrected chi connectivity index (χ0v) is 41.0. The molecule has 14 bridgehead atoms. The molecule has 18 rings (SSSR count). The number of piperidine rings is 2. The Bertz CT molecular complexity index is 2510. The van der Waals surface area contributed by atoms with Gasteiger partial charge in [-0.25, -0.2) is 4.79 Å². The van der Waals surface area contributed by atoms with E-state index in [1.165, 1.54) is 102 Å². The molecule has 17 aliphatic rings. The zero-order valence-electron chi connectivity index (χ0n) is 41.0.